The number of Topliss-reactive ketones (excluding diaryl/α,β-unsaturated/α-hetero) is 1. The fourth-order valence-corrected chi connectivity index (χ4v) is 2.73. The summed E-state index contributed by atoms with van der Waals surface area (Å²) < 4.78 is 5.53. The summed E-state index contributed by atoms with van der Waals surface area (Å²) in [7, 11) is 0. The first-order chi connectivity index (χ1) is 14.5. The van der Waals surface area contributed by atoms with Gasteiger partial charge < -0.3 is 10.1 Å². The molecule has 0 saturated heterocycles. The number of ether oxygens (including phenoxy) is 1. The number of aryl methyl sites for hydroxylation is 1. The van der Waals surface area contributed by atoms with Crippen LogP contribution in [0, 0.1) is 10.1 Å². The van der Waals surface area contributed by atoms with Crippen LogP contribution in [0.25, 0.3) is 0 Å². The van der Waals surface area contributed by atoms with Crippen molar-refractivity contribution in [2.24, 2.45) is 0 Å². The average molecular weight is 404 g/mol. The second kappa shape index (κ2) is 9.47. The van der Waals surface area contributed by atoms with Crippen LogP contribution in [-0.4, -0.2) is 23.2 Å². The topological polar surface area (TPSA) is 98.5 Å². The zero-order chi connectivity index (χ0) is 21.5. The maximum atomic E-state index is 12.2. The number of non-ortho nitro benzene ring substituents is 1. The van der Waals surface area contributed by atoms with Crippen LogP contribution in [0.5, 0.6) is 5.75 Å². The standard InChI is InChI=1S/C23H20N2O5/c1-2-16-3-5-17(6-4-16)22(26)15-30-21-13-9-19(10-14-21)24-23(27)18-7-11-20(12-8-18)25(28)29/h3-14H,2,15H2,1H3,(H,24,27). The molecule has 0 unspecified atom stereocenters. The van der Waals surface area contributed by atoms with E-state index in [-0.39, 0.29) is 24.0 Å². The lowest BCUT2D eigenvalue weighted by molar-refractivity contribution is -0.384. The van der Waals surface area contributed by atoms with Crippen LogP contribution in [0.15, 0.2) is 72.8 Å². The number of nitro groups is 1. The van der Waals surface area contributed by atoms with Gasteiger partial charge in [0, 0.05) is 28.9 Å². The number of nitrogens with zero attached hydrogens (tertiary/aromatic N) is 1. The Morgan fingerprint density at radius 3 is 2.07 bits per heavy atom. The van der Waals surface area contributed by atoms with E-state index in [4.69, 9.17) is 4.74 Å². The minimum absolute atomic E-state index is 0.0797. The molecule has 0 bridgehead atoms. The minimum Gasteiger partial charge on any atom is -0.485 e. The highest BCUT2D eigenvalue weighted by atomic mass is 16.6. The van der Waals surface area contributed by atoms with Gasteiger partial charge in [0.2, 0.25) is 0 Å². The molecule has 0 fully saturated rings. The van der Waals surface area contributed by atoms with Gasteiger partial charge in [-0.25, -0.2) is 0 Å². The lowest BCUT2D eigenvalue weighted by atomic mass is 10.1. The van der Waals surface area contributed by atoms with Gasteiger partial charge in [-0.05, 0) is 48.4 Å². The first kappa shape index (κ1) is 20.7. The molecule has 1 N–H and O–H groups in total. The number of carbonyl (C=O) groups is 2. The number of nitrogens with one attached hydrogen (secondary N) is 1. The van der Waals surface area contributed by atoms with Gasteiger partial charge in [0.05, 0.1) is 4.92 Å². The second-order valence-corrected chi connectivity index (χ2v) is 6.54. The van der Waals surface area contributed by atoms with Crippen molar-refractivity contribution < 1.29 is 19.2 Å². The Morgan fingerprint density at radius 1 is 0.900 bits per heavy atom. The van der Waals surface area contributed by atoms with Gasteiger partial charge >= 0.3 is 0 Å². The third-order valence-electron chi connectivity index (χ3n) is 4.51. The largest absolute Gasteiger partial charge is 0.485 e. The number of ketones is 1. The smallest absolute Gasteiger partial charge is 0.269 e. The third kappa shape index (κ3) is 5.29. The fraction of sp³-hybridized carbons (Fsp3) is 0.130. The van der Waals surface area contributed by atoms with Crippen LogP contribution in [0.4, 0.5) is 11.4 Å². The molecule has 7 heteroatoms. The summed E-state index contributed by atoms with van der Waals surface area (Å²) >= 11 is 0. The summed E-state index contributed by atoms with van der Waals surface area (Å²) in [6, 6.07) is 19.4. The van der Waals surface area contributed by atoms with E-state index in [0.29, 0.717) is 22.6 Å². The Bertz CT molecular complexity index is 1040. The molecule has 0 atom stereocenters. The van der Waals surface area contributed by atoms with Gasteiger partial charge in [-0.3, -0.25) is 19.7 Å². The molecule has 0 aliphatic rings. The molecule has 1 amide bonds. The SMILES string of the molecule is CCc1ccc(C(=O)COc2ccc(NC(=O)c3ccc([N+](=O)[O-])cc3)cc2)cc1. The van der Waals surface area contributed by atoms with Crippen molar-refractivity contribution in [3.8, 4) is 5.75 Å². The zero-order valence-electron chi connectivity index (χ0n) is 16.3. The summed E-state index contributed by atoms with van der Waals surface area (Å²) in [6.07, 6.45) is 0.915. The monoisotopic (exact) mass is 404 g/mol. The number of amides is 1. The average Bonchev–Trinajstić information content (AvgIpc) is 2.78. The Kier molecular flexibility index (Phi) is 6.54. The zero-order valence-corrected chi connectivity index (χ0v) is 16.3. The maximum absolute atomic E-state index is 12.2. The van der Waals surface area contributed by atoms with E-state index in [1.54, 1.807) is 36.4 Å². The van der Waals surface area contributed by atoms with Crippen molar-refractivity contribution in [2.75, 3.05) is 11.9 Å². The number of nitro benzene ring substituents is 1. The van der Waals surface area contributed by atoms with Crippen molar-refractivity contribution >= 4 is 23.1 Å². The Balaban J connectivity index is 1.54. The molecule has 152 valence electrons. The molecule has 7 nitrogen and oxygen atoms in total. The molecule has 0 aliphatic carbocycles. The number of benzene rings is 3. The van der Waals surface area contributed by atoms with Gasteiger partial charge in [-0.15, -0.1) is 0 Å². The Morgan fingerprint density at radius 2 is 1.50 bits per heavy atom. The summed E-state index contributed by atoms with van der Waals surface area (Å²) in [5.74, 6) is -0.000614. The first-order valence-electron chi connectivity index (χ1n) is 9.37. The predicted octanol–water partition coefficient (Wildman–Crippen LogP) is 4.67. The summed E-state index contributed by atoms with van der Waals surface area (Å²) in [4.78, 5) is 34.6. The van der Waals surface area contributed by atoms with E-state index in [1.165, 1.54) is 29.8 Å². The van der Waals surface area contributed by atoms with Gasteiger partial charge in [-0.1, -0.05) is 31.2 Å². The van der Waals surface area contributed by atoms with Crippen LogP contribution in [0.3, 0.4) is 0 Å². The Labute approximate surface area is 173 Å². The number of hydrogen-bond acceptors (Lipinski definition) is 5. The van der Waals surface area contributed by atoms with Crippen molar-refractivity contribution in [1.82, 2.24) is 0 Å². The minimum atomic E-state index is -0.522. The maximum Gasteiger partial charge on any atom is 0.269 e. The van der Waals surface area contributed by atoms with E-state index >= 15 is 0 Å². The van der Waals surface area contributed by atoms with Crippen molar-refractivity contribution in [1.29, 1.82) is 0 Å². The highest BCUT2D eigenvalue weighted by molar-refractivity contribution is 6.04. The molecule has 3 aromatic rings. The molecule has 0 aliphatic heterocycles. The van der Waals surface area contributed by atoms with Crippen LogP contribution in [-0.2, 0) is 6.42 Å². The highest BCUT2D eigenvalue weighted by Crippen LogP contribution is 2.18. The third-order valence-corrected chi connectivity index (χ3v) is 4.51. The lowest BCUT2D eigenvalue weighted by Gasteiger charge is -2.08. The molecule has 0 spiro atoms. The van der Waals surface area contributed by atoms with Gasteiger partial charge in [0.1, 0.15) is 5.75 Å². The predicted molar refractivity (Wildman–Crippen MR) is 113 cm³/mol. The van der Waals surface area contributed by atoms with E-state index in [0.717, 1.165) is 6.42 Å². The van der Waals surface area contributed by atoms with E-state index in [2.05, 4.69) is 12.2 Å². The van der Waals surface area contributed by atoms with Crippen molar-refractivity contribution in [3.05, 3.63) is 99.6 Å². The second-order valence-electron chi connectivity index (χ2n) is 6.54. The molecule has 0 radical (unpaired) electrons. The van der Waals surface area contributed by atoms with Crippen LogP contribution < -0.4 is 10.1 Å². The number of rotatable bonds is 8. The van der Waals surface area contributed by atoms with E-state index in [9.17, 15) is 19.7 Å². The molecule has 0 aromatic heterocycles. The van der Waals surface area contributed by atoms with Crippen molar-refractivity contribution in [3.63, 3.8) is 0 Å². The Hall–Kier alpha value is -4.00. The molecule has 30 heavy (non-hydrogen) atoms. The molecular weight excluding hydrogens is 384 g/mol. The van der Waals surface area contributed by atoms with Gasteiger partial charge in [-0.2, -0.15) is 0 Å². The normalized spacial score (nSPS) is 10.3. The quantitative estimate of drug-likeness (QED) is 0.334. The summed E-state index contributed by atoms with van der Waals surface area (Å²) in [5.41, 5.74) is 2.52. The number of hydrogen-bond donors (Lipinski definition) is 1. The van der Waals surface area contributed by atoms with Gasteiger partial charge in [0.15, 0.2) is 12.4 Å². The highest BCUT2D eigenvalue weighted by Gasteiger charge is 2.10. The summed E-state index contributed by atoms with van der Waals surface area (Å²) in [5, 5.41) is 13.4. The molecule has 3 rings (SSSR count). The van der Waals surface area contributed by atoms with E-state index in [1.807, 2.05) is 12.1 Å². The van der Waals surface area contributed by atoms with E-state index < -0.39 is 4.92 Å². The first-order valence-corrected chi connectivity index (χ1v) is 9.37. The van der Waals surface area contributed by atoms with Crippen molar-refractivity contribution in [2.45, 2.75) is 13.3 Å². The molecule has 0 saturated carbocycles. The molecule has 0 heterocycles. The van der Waals surface area contributed by atoms with Crippen LogP contribution >= 0.6 is 0 Å². The lowest BCUT2D eigenvalue weighted by Crippen LogP contribution is -2.12. The molecular formula is C23H20N2O5. The van der Waals surface area contributed by atoms with Crippen LogP contribution in [0.2, 0.25) is 0 Å². The van der Waals surface area contributed by atoms with Crippen LogP contribution in [0.1, 0.15) is 33.2 Å². The molecule has 3 aromatic carbocycles. The fourth-order valence-electron chi connectivity index (χ4n) is 2.73. The van der Waals surface area contributed by atoms with Gasteiger partial charge in [0.25, 0.3) is 11.6 Å². The number of anilines is 1. The number of carbonyl (C=O) groups excluding carboxylic acids is 2. The summed E-state index contributed by atoms with van der Waals surface area (Å²) in [6.45, 7) is 1.97.